The number of likely N-dealkylation sites (tertiary alicyclic amines) is 2. The maximum Gasteiger partial charge on any atom is 0.410 e. The Morgan fingerprint density at radius 2 is 1.90 bits per heavy atom. The Balaban J connectivity index is 0.00000131. The second-order valence-electron chi connectivity index (χ2n) is 11.0. The second-order valence-corrected chi connectivity index (χ2v) is 11.9. The molecule has 0 aliphatic carbocycles. The van der Waals surface area contributed by atoms with Crippen LogP contribution in [-0.4, -0.2) is 111 Å². The normalized spacial score (nSPS) is 19.0. The van der Waals surface area contributed by atoms with Crippen molar-refractivity contribution in [1.82, 2.24) is 25.4 Å². The summed E-state index contributed by atoms with van der Waals surface area (Å²) < 4.78 is 16.5. The van der Waals surface area contributed by atoms with Crippen molar-refractivity contribution in [1.29, 1.82) is 0 Å². The average Bonchev–Trinajstić information content (AvgIpc) is 3.56. The van der Waals surface area contributed by atoms with Gasteiger partial charge >= 0.3 is 6.09 Å². The number of aromatic nitrogens is 1. The molecular formula is C27H43N5O7S. The number of amides is 4. The molecule has 0 bridgehead atoms. The van der Waals surface area contributed by atoms with E-state index in [-0.39, 0.29) is 30.4 Å². The van der Waals surface area contributed by atoms with E-state index in [9.17, 15) is 14.4 Å². The fourth-order valence-corrected chi connectivity index (χ4v) is 5.15. The molecule has 224 valence electrons. The number of carbonyl (C=O) groups is 4. The lowest BCUT2D eigenvalue weighted by molar-refractivity contribution is -0.133. The molecule has 2 fully saturated rings. The van der Waals surface area contributed by atoms with Gasteiger partial charge in [0.05, 0.1) is 36.9 Å². The number of carbonyl (C=O) groups excluding carboxylic acids is 4. The molecule has 0 saturated carbocycles. The van der Waals surface area contributed by atoms with E-state index in [0.29, 0.717) is 50.7 Å². The number of thiazole rings is 1. The Bertz CT molecular complexity index is 992. The van der Waals surface area contributed by atoms with E-state index in [1.54, 1.807) is 41.7 Å². The standard InChI is InChI=1S/C25H38N4O6S.C2H5NO/c1-7-18(11-33-6)12-34-17(2)8-27-21(30)19-10-28(22(31)20-9-26-16-36-20)13-25(19)14-29(15-25)23(32)35-24(3,4)5;1-3-2-4/h7,9,16-19H,1,8,10-15H2,2-6H3,(H,27,30);2H,1H3,(H,3,4)/t17-,18?,19?;/m1./s1. The van der Waals surface area contributed by atoms with Crippen molar-refractivity contribution in [2.45, 2.75) is 39.4 Å². The number of hydrogen-bond acceptors (Lipinski definition) is 9. The number of nitrogens with one attached hydrogen (secondary N) is 2. The molecule has 3 rings (SSSR count). The molecule has 0 aromatic carbocycles. The van der Waals surface area contributed by atoms with Gasteiger partial charge < -0.3 is 34.6 Å². The SMILES string of the molecule is C=CC(COC)CO[C@H](C)CNC(=O)C1CN(C(=O)c2cncs2)CC12CN(C(=O)OC(C)(C)C)C2.CNC=O. The summed E-state index contributed by atoms with van der Waals surface area (Å²) in [4.78, 5) is 55.8. The number of methoxy groups -OCH3 is 1. The molecule has 1 aromatic rings. The minimum Gasteiger partial charge on any atom is -0.444 e. The van der Waals surface area contributed by atoms with E-state index < -0.39 is 23.0 Å². The first kappa shape index (κ1) is 33.2. The van der Waals surface area contributed by atoms with Gasteiger partial charge in [-0.1, -0.05) is 6.08 Å². The van der Waals surface area contributed by atoms with E-state index in [0.717, 1.165) is 0 Å². The van der Waals surface area contributed by atoms with E-state index in [4.69, 9.17) is 19.0 Å². The summed E-state index contributed by atoms with van der Waals surface area (Å²) in [7, 11) is 3.19. The molecule has 2 unspecified atom stereocenters. The summed E-state index contributed by atoms with van der Waals surface area (Å²) in [5, 5.41) is 5.24. The first-order chi connectivity index (χ1) is 18.9. The molecule has 0 radical (unpaired) electrons. The maximum atomic E-state index is 13.3. The quantitative estimate of drug-likeness (QED) is 0.298. The Morgan fingerprint density at radius 3 is 2.42 bits per heavy atom. The van der Waals surface area contributed by atoms with Crippen LogP contribution in [0.3, 0.4) is 0 Å². The predicted octanol–water partition coefficient (Wildman–Crippen LogP) is 1.78. The van der Waals surface area contributed by atoms with Crippen molar-refractivity contribution >= 4 is 35.7 Å². The topological polar surface area (TPSA) is 139 Å². The van der Waals surface area contributed by atoms with E-state index in [2.05, 4.69) is 22.2 Å². The highest BCUT2D eigenvalue weighted by molar-refractivity contribution is 7.11. The highest BCUT2D eigenvalue weighted by Gasteiger charge is 2.59. The van der Waals surface area contributed by atoms with Crippen LogP contribution in [0.15, 0.2) is 24.4 Å². The monoisotopic (exact) mass is 581 g/mol. The number of hydrogen-bond donors (Lipinski definition) is 2. The second kappa shape index (κ2) is 15.1. The molecule has 3 heterocycles. The third-order valence-electron chi connectivity index (χ3n) is 6.55. The van der Waals surface area contributed by atoms with E-state index in [1.807, 2.05) is 27.7 Å². The molecular weight excluding hydrogens is 538 g/mol. The minimum absolute atomic E-state index is 0.0754. The van der Waals surface area contributed by atoms with Gasteiger partial charge in [0.1, 0.15) is 10.5 Å². The van der Waals surface area contributed by atoms with Gasteiger partial charge in [-0.15, -0.1) is 17.9 Å². The smallest absolute Gasteiger partial charge is 0.410 e. The summed E-state index contributed by atoms with van der Waals surface area (Å²) >= 11 is 1.27. The van der Waals surface area contributed by atoms with Crippen LogP contribution in [0.2, 0.25) is 0 Å². The number of ether oxygens (including phenoxy) is 3. The molecule has 12 nitrogen and oxygen atoms in total. The van der Waals surface area contributed by atoms with Crippen molar-refractivity contribution in [2.75, 3.05) is 60.1 Å². The third-order valence-corrected chi connectivity index (χ3v) is 7.31. The summed E-state index contributed by atoms with van der Waals surface area (Å²) in [6.07, 6.45) is 3.34. The fraction of sp³-hybridized carbons (Fsp3) is 0.667. The van der Waals surface area contributed by atoms with Crippen LogP contribution in [-0.2, 0) is 23.8 Å². The van der Waals surface area contributed by atoms with Crippen LogP contribution >= 0.6 is 11.3 Å². The highest BCUT2D eigenvalue weighted by atomic mass is 32.1. The third kappa shape index (κ3) is 9.27. The minimum atomic E-state index is -0.607. The van der Waals surface area contributed by atoms with Crippen LogP contribution in [0.4, 0.5) is 4.79 Å². The maximum absolute atomic E-state index is 13.3. The summed E-state index contributed by atoms with van der Waals surface area (Å²) in [5.74, 6) is -0.666. The van der Waals surface area contributed by atoms with Gasteiger partial charge in [-0.25, -0.2) is 4.79 Å². The first-order valence-corrected chi connectivity index (χ1v) is 14.0. The lowest BCUT2D eigenvalue weighted by Crippen LogP contribution is -2.64. The zero-order valence-corrected chi connectivity index (χ0v) is 25.1. The molecule has 2 aliphatic heterocycles. The Labute approximate surface area is 240 Å². The van der Waals surface area contributed by atoms with Crippen molar-refractivity contribution in [3.8, 4) is 0 Å². The highest BCUT2D eigenvalue weighted by Crippen LogP contribution is 2.45. The Kier molecular flexibility index (Phi) is 12.5. The van der Waals surface area contributed by atoms with Gasteiger partial charge in [0, 0.05) is 58.2 Å². The molecule has 1 aromatic heterocycles. The molecule has 2 aliphatic rings. The Morgan fingerprint density at radius 1 is 1.25 bits per heavy atom. The van der Waals surface area contributed by atoms with Crippen LogP contribution < -0.4 is 10.6 Å². The average molecular weight is 582 g/mol. The Hall–Kier alpha value is -3.03. The van der Waals surface area contributed by atoms with Gasteiger partial charge in [0.25, 0.3) is 5.91 Å². The van der Waals surface area contributed by atoms with Gasteiger partial charge in [-0.3, -0.25) is 19.4 Å². The molecule has 40 heavy (non-hydrogen) atoms. The van der Waals surface area contributed by atoms with Gasteiger partial charge in [0.15, 0.2) is 0 Å². The van der Waals surface area contributed by atoms with Crippen molar-refractivity contribution in [3.63, 3.8) is 0 Å². The van der Waals surface area contributed by atoms with Crippen molar-refractivity contribution in [2.24, 2.45) is 17.3 Å². The summed E-state index contributed by atoms with van der Waals surface area (Å²) in [6, 6.07) is 0. The van der Waals surface area contributed by atoms with Gasteiger partial charge in [-0.05, 0) is 27.7 Å². The predicted molar refractivity (Wildman–Crippen MR) is 151 cm³/mol. The fourth-order valence-electron chi connectivity index (χ4n) is 4.56. The molecule has 4 amide bonds. The summed E-state index contributed by atoms with van der Waals surface area (Å²) in [5.41, 5.74) is 0.490. The molecule has 1 spiro atoms. The molecule has 2 saturated heterocycles. The largest absolute Gasteiger partial charge is 0.444 e. The number of nitrogens with zero attached hydrogens (tertiary/aromatic N) is 3. The van der Waals surface area contributed by atoms with Crippen molar-refractivity contribution < 1.29 is 33.4 Å². The number of rotatable bonds is 11. The van der Waals surface area contributed by atoms with Crippen LogP contribution in [0.25, 0.3) is 0 Å². The molecule has 2 N–H and O–H groups in total. The van der Waals surface area contributed by atoms with Gasteiger partial charge in [-0.2, -0.15) is 0 Å². The zero-order valence-electron chi connectivity index (χ0n) is 24.3. The first-order valence-electron chi connectivity index (χ1n) is 13.2. The van der Waals surface area contributed by atoms with E-state index >= 15 is 0 Å². The van der Waals surface area contributed by atoms with Crippen molar-refractivity contribution in [3.05, 3.63) is 29.2 Å². The molecule has 3 atom stereocenters. The van der Waals surface area contributed by atoms with Crippen LogP contribution in [0, 0.1) is 17.3 Å². The van der Waals surface area contributed by atoms with Crippen LogP contribution in [0.1, 0.15) is 37.4 Å². The van der Waals surface area contributed by atoms with Crippen LogP contribution in [0.5, 0.6) is 0 Å². The lowest BCUT2D eigenvalue weighted by Gasteiger charge is -2.50. The summed E-state index contributed by atoms with van der Waals surface area (Å²) in [6.45, 7) is 13.8. The zero-order chi connectivity index (χ0) is 29.9. The van der Waals surface area contributed by atoms with Gasteiger partial charge in [0.2, 0.25) is 12.3 Å². The lowest BCUT2D eigenvalue weighted by atomic mass is 9.71. The van der Waals surface area contributed by atoms with E-state index in [1.165, 1.54) is 11.3 Å². The molecule has 13 heteroatoms.